The van der Waals surface area contributed by atoms with E-state index in [2.05, 4.69) is 10.3 Å². The lowest BCUT2D eigenvalue weighted by Crippen LogP contribution is -1.99. The Morgan fingerprint density at radius 3 is 2.65 bits per heavy atom. The van der Waals surface area contributed by atoms with Gasteiger partial charge in [-0.1, -0.05) is 23.7 Å². The third-order valence-electron chi connectivity index (χ3n) is 2.38. The van der Waals surface area contributed by atoms with Gasteiger partial charge in [-0.3, -0.25) is 0 Å². The fourth-order valence-electron chi connectivity index (χ4n) is 1.46. The van der Waals surface area contributed by atoms with Crippen molar-refractivity contribution in [2.45, 2.75) is 6.54 Å². The molecule has 2 rings (SSSR count). The Bertz CT molecular complexity index is 485. The van der Waals surface area contributed by atoms with Crippen LogP contribution in [-0.2, 0) is 6.54 Å². The van der Waals surface area contributed by atoms with Gasteiger partial charge in [0.2, 0.25) is 0 Å². The summed E-state index contributed by atoms with van der Waals surface area (Å²) in [6, 6.07) is 11.6. The number of aromatic nitrogens is 1. The van der Waals surface area contributed by atoms with Crippen LogP contribution in [0.5, 0.6) is 5.75 Å². The fourth-order valence-corrected chi connectivity index (χ4v) is 1.63. The van der Waals surface area contributed by atoms with Crippen LogP contribution in [0.25, 0.3) is 0 Å². The molecule has 0 aliphatic carbocycles. The number of nitrogens with one attached hydrogen (secondary N) is 1. The second kappa shape index (κ2) is 5.55. The van der Waals surface area contributed by atoms with Crippen molar-refractivity contribution >= 4 is 17.3 Å². The fraction of sp³-hybridized carbons (Fsp3) is 0.154. The maximum atomic E-state index is 5.80. The molecule has 1 aromatic heterocycles. The minimum Gasteiger partial charge on any atom is -0.497 e. The van der Waals surface area contributed by atoms with Crippen molar-refractivity contribution in [3.63, 3.8) is 0 Å². The molecule has 0 atom stereocenters. The summed E-state index contributed by atoms with van der Waals surface area (Å²) >= 11 is 5.80. The molecule has 0 amide bonds. The minimum absolute atomic E-state index is 0.490. The van der Waals surface area contributed by atoms with E-state index in [-0.39, 0.29) is 0 Å². The predicted molar refractivity (Wildman–Crippen MR) is 69.6 cm³/mol. The Morgan fingerprint density at radius 1 is 1.24 bits per heavy atom. The Morgan fingerprint density at radius 2 is 2.00 bits per heavy atom. The number of anilines is 1. The number of pyridine rings is 1. The molecule has 0 saturated carbocycles. The van der Waals surface area contributed by atoms with E-state index in [1.165, 1.54) is 5.56 Å². The van der Waals surface area contributed by atoms with Gasteiger partial charge in [-0.05, 0) is 29.8 Å². The van der Waals surface area contributed by atoms with Crippen LogP contribution in [0.4, 0.5) is 5.69 Å². The van der Waals surface area contributed by atoms with Crippen molar-refractivity contribution in [3.8, 4) is 5.75 Å². The lowest BCUT2D eigenvalue weighted by molar-refractivity contribution is 0.414. The number of rotatable bonds is 4. The van der Waals surface area contributed by atoms with Gasteiger partial charge in [0, 0.05) is 18.4 Å². The monoisotopic (exact) mass is 248 g/mol. The molecule has 0 aliphatic rings. The number of nitrogens with zero attached hydrogens (tertiary/aromatic N) is 1. The van der Waals surface area contributed by atoms with Gasteiger partial charge >= 0.3 is 0 Å². The first-order valence-electron chi connectivity index (χ1n) is 5.26. The molecular formula is C13H13ClN2O. The van der Waals surface area contributed by atoms with Crippen LogP contribution in [0.2, 0.25) is 5.15 Å². The summed E-state index contributed by atoms with van der Waals surface area (Å²) in [5.41, 5.74) is 2.14. The average molecular weight is 249 g/mol. The van der Waals surface area contributed by atoms with Crippen LogP contribution in [0.1, 0.15) is 5.56 Å². The highest BCUT2D eigenvalue weighted by atomic mass is 35.5. The Labute approximate surface area is 105 Å². The van der Waals surface area contributed by atoms with E-state index in [0.717, 1.165) is 18.0 Å². The molecule has 1 heterocycles. The van der Waals surface area contributed by atoms with Gasteiger partial charge in [-0.25, -0.2) is 4.98 Å². The van der Waals surface area contributed by atoms with Gasteiger partial charge in [0.15, 0.2) is 0 Å². The molecule has 0 unspecified atom stereocenters. The van der Waals surface area contributed by atoms with Crippen LogP contribution in [-0.4, -0.2) is 12.1 Å². The molecular weight excluding hydrogens is 236 g/mol. The third-order valence-corrected chi connectivity index (χ3v) is 2.59. The molecule has 0 saturated heterocycles. The molecule has 1 N–H and O–H groups in total. The Balaban J connectivity index is 1.97. The van der Waals surface area contributed by atoms with Crippen LogP contribution >= 0.6 is 11.6 Å². The van der Waals surface area contributed by atoms with E-state index >= 15 is 0 Å². The van der Waals surface area contributed by atoms with Gasteiger partial charge in [0.1, 0.15) is 10.9 Å². The van der Waals surface area contributed by atoms with Gasteiger partial charge in [0.05, 0.1) is 7.11 Å². The second-order valence-corrected chi connectivity index (χ2v) is 3.96. The summed E-state index contributed by atoms with van der Waals surface area (Å²) in [7, 11) is 1.66. The summed E-state index contributed by atoms with van der Waals surface area (Å²) in [5, 5.41) is 3.76. The number of ether oxygens (including phenoxy) is 1. The Hall–Kier alpha value is -1.74. The molecule has 0 fully saturated rings. The SMILES string of the molecule is COc1ccc(CNc2ccnc(Cl)c2)cc1. The smallest absolute Gasteiger partial charge is 0.131 e. The molecule has 0 spiro atoms. The van der Waals surface area contributed by atoms with E-state index in [0.29, 0.717) is 5.15 Å². The molecule has 0 bridgehead atoms. The molecule has 4 heteroatoms. The molecule has 2 aromatic rings. The summed E-state index contributed by atoms with van der Waals surface area (Å²) in [6.07, 6.45) is 1.68. The zero-order chi connectivity index (χ0) is 12.1. The second-order valence-electron chi connectivity index (χ2n) is 3.57. The van der Waals surface area contributed by atoms with Gasteiger partial charge < -0.3 is 10.1 Å². The lowest BCUT2D eigenvalue weighted by atomic mass is 10.2. The first-order chi connectivity index (χ1) is 8.28. The molecule has 3 nitrogen and oxygen atoms in total. The third kappa shape index (κ3) is 3.36. The van der Waals surface area contributed by atoms with Crippen LogP contribution in [0.3, 0.4) is 0 Å². The normalized spacial score (nSPS) is 10.0. The summed E-state index contributed by atoms with van der Waals surface area (Å²) in [6.45, 7) is 0.740. The zero-order valence-corrected chi connectivity index (χ0v) is 10.2. The van der Waals surface area contributed by atoms with Crippen LogP contribution < -0.4 is 10.1 Å². The summed E-state index contributed by atoms with van der Waals surface area (Å²) < 4.78 is 5.10. The standard InChI is InChI=1S/C13H13ClN2O/c1-17-12-4-2-10(3-5-12)9-16-11-6-7-15-13(14)8-11/h2-8H,9H2,1H3,(H,15,16). The van der Waals surface area contributed by atoms with Crippen molar-refractivity contribution in [2.24, 2.45) is 0 Å². The zero-order valence-electron chi connectivity index (χ0n) is 9.48. The van der Waals surface area contributed by atoms with Crippen molar-refractivity contribution in [2.75, 3.05) is 12.4 Å². The van der Waals surface area contributed by atoms with Crippen molar-refractivity contribution in [3.05, 3.63) is 53.3 Å². The number of hydrogen-bond acceptors (Lipinski definition) is 3. The van der Waals surface area contributed by atoms with Crippen LogP contribution in [0, 0.1) is 0 Å². The van der Waals surface area contributed by atoms with Gasteiger partial charge in [-0.2, -0.15) is 0 Å². The van der Waals surface area contributed by atoms with Crippen molar-refractivity contribution in [1.82, 2.24) is 4.98 Å². The van der Waals surface area contributed by atoms with Gasteiger partial charge in [0.25, 0.3) is 0 Å². The van der Waals surface area contributed by atoms with E-state index < -0.39 is 0 Å². The van der Waals surface area contributed by atoms with E-state index in [1.54, 1.807) is 19.4 Å². The summed E-state index contributed by atoms with van der Waals surface area (Å²) in [5.74, 6) is 0.862. The number of halogens is 1. The van der Waals surface area contributed by atoms with E-state index in [1.807, 2.05) is 30.3 Å². The minimum atomic E-state index is 0.490. The van der Waals surface area contributed by atoms with Crippen LogP contribution in [0.15, 0.2) is 42.6 Å². The van der Waals surface area contributed by atoms with E-state index in [4.69, 9.17) is 16.3 Å². The summed E-state index contributed by atoms with van der Waals surface area (Å²) in [4.78, 5) is 3.93. The van der Waals surface area contributed by atoms with E-state index in [9.17, 15) is 0 Å². The highest BCUT2D eigenvalue weighted by molar-refractivity contribution is 6.29. The topological polar surface area (TPSA) is 34.1 Å². The predicted octanol–water partition coefficient (Wildman–Crippen LogP) is 3.36. The highest BCUT2D eigenvalue weighted by Gasteiger charge is 1.96. The van der Waals surface area contributed by atoms with Gasteiger partial charge in [-0.15, -0.1) is 0 Å². The lowest BCUT2D eigenvalue weighted by Gasteiger charge is -2.07. The molecule has 0 aliphatic heterocycles. The van der Waals surface area contributed by atoms with Crippen molar-refractivity contribution < 1.29 is 4.74 Å². The quantitative estimate of drug-likeness (QED) is 0.843. The maximum Gasteiger partial charge on any atom is 0.131 e. The first kappa shape index (κ1) is 11.7. The molecule has 1 aromatic carbocycles. The van der Waals surface area contributed by atoms with Crippen molar-refractivity contribution in [1.29, 1.82) is 0 Å². The molecule has 17 heavy (non-hydrogen) atoms. The average Bonchev–Trinajstić information content (AvgIpc) is 2.37. The number of methoxy groups -OCH3 is 1. The maximum absolute atomic E-state index is 5.80. The highest BCUT2D eigenvalue weighted by Crippen LogP contribution is 2.15. The largest absolute Gasteiger partial charge is 0.497 e. The molecule has 88 valence electrons. The first-order valence-corrected chi connectivity index (χ1v) is 5.64. The number of benzene rings is 1. The Kier molecular flexibility index (Phi) is 3.83. The molecule has 0 radical (unpaired) electrons. The number of hydrogen-bond donors (Lipinski definition) is 1.